The first-order chi connectivity index (χ1) is 7.84. The molecule has 1 aliphatic carbocycles. The molecule has 0 amide bonds. The smallest absolute Gasteiger partial charge is 0.0300 e. The number of aromatic nitrogens is 1. The number of hydrogen-bond donors (Lipinski definition) is 2. The molecule has 0 atom stereocenters. The van der Waals surface area contributed by atoms with E-state index in [4.69, 9.17) is 5.73 Å². The molecule has 2 rings (SSSR count). The predicted molar refractivity (Wildman–Crippen MR) is 66.2 cm³/mol. The Morgan fingerprint density at radius 2 is 2.12 bits per heavy atom. The molecule has 1 heterocycles. The second kappa shape index (κ2) is 5.97. The molecular formula is C13H21N3. The van der Waals surface area contributed by atoms with Crippen LogP contribution in [0.3, 0.4) is 0 Å². The second-order valence-electron chi connectivity index (χ2n) is 4.68. The summed E-state index contributed by atoms with van der Waals surface area (Å²) in [4.78, 5) is 4.12. The molecular weight excluding hydrogens is 198 g/mol. The minimum Gasteiger partial charge on any atom is -0.328 e. The van der Waals surface area contributed by atoms with Crippen LogP contribution in [0.5, 0.6) is 0 Å². The number of pyridine rings is 1. The molecule has 16 heavy (non-hydrogen) atoms. The summed E-state index contributed by atoms with van der Waals surface area (Å²) in [6, 6.07) is 5.24. The van der Waals surface area contributed by atoms with E-state index in [2.05, 4.69) is 16.4 Å². The molecule has 1 aromatic rings. The van der Waals surface area contributed by atoms with E-state index in [0.29, 0.717) is 12.1 Å². The zero-order valence-corrected chi connectivity index (χ0v) is 9.73. The molecule has 1 aromatic heterocycles. The topological polar surface area (TPSA) is 50.9 Å². The normalized spacial score (nSPS) is 25.6. The Morgan fingerprint density at radius 1 is 1.31 bits per heavy atom. The summed E-state index contributed by atoms with van der Waals surface area (Å²) in [6.45, 7) is 1.05. The third-order valence-corrected chi connectivity index (χ3v) is 3.34. The highest BCUT2D eigenvalue weighted by Gasteiger charge is 2.17. The SMILES string of the molecule is NC1CCC(NCCc2cccnc2)CC1. The summed E-state index contributed by atoms with van der Waals surface area (Å²) >= 11 is 0. The van der Waals surface area contributed by atoms with Crippen LogP contribution in [-0.4, -0.2) is 23.6 Å². The monoisotopic (exact) mass is 219 g/mol. The van der Waals surface area contributed by atoms with Gasteiger partial charge in [0.05, 0.1) is 0 Å². The molecule has 0 aromatic carbocycles. The Bertz CT molecular complexity index is 291. The van der Waals surface area contributed by atoms with Crippen molar-refractivity contribution in [1.82, 2.24) is 10.3 Å². The van der Waals surface area contributed by atoms with Crippen LogP contribution in [0.1, 0.15) is 31.2 Å². The fourth-order valence-corrected chi connectivity index (χ4v) is 2.29. The van der Waals surface area contributed by atoms with Gasteiger partial charge in [-0.15, -0.1) is 0 Å². The Balaban J connectivity index is 1.65. The third kappa shape index (κ3) is 3.58. The quantitative estimate of drug-likeness (QED) is 0.806. The van der Waals surface area contributed by atoms with Crippen LogP contribution in [0.2, 0.25) is 0 Å². The van der Waals surface area contributed by atoms with Crippen molar-refractivity contribution in [1.29, 1.82) is 0 Å². The van der Waals surface area contributed by atoms with Crippen molar-refractivity contribution in [3.8, 4) is 0 Å². The van der Waals surface area contributed by atoms with Crippen LogP contribution in [-0.2, 0) is 6.42 Å². The largest absolute Gasteiger partial charge is 0.328 e. The van der Waals surface area contributed by atoms with E-state index in [1.54, 1.807) is 0 Å². The number of nitrogens with zero attached hydrogens (tertiary/aromatic N) is 1. The lowest BCUT2D eigenvalue weighted by Crippen LogP contribution is -2.38. The highest BCUT2D eigenvalue weighted by Crippen LogP contribution is 2.16. The van der Waals surface area contributed by atoms with Gasteiger partial charge in [0.2, 0.25) is 0 Å². The second-order valence-corrected chi connectivity index (χ2v) is 4.68. The van der Waals surface area contributed by atoms with Crippen molar-refractivity contribution < 1.29 is 0 Å². The van der Waals surface area contributed by atoms with E-state index in [1.165, 1.54) is 31.2 Å². The molecule has 1 saturated carbocycles. The van der Waals surface area contributed by atoms with Gasteiger partial charge in [-0.25, -0.2) is 0 Å². The van der Waals surface area contributed by atoms with Crippen molar-refractivity contribution in [3.63, 3.8) is 0 Å². The first-order valence-electron chi connectivity index (χ1n) is 6.22. The van der Waals surface area contributed by atoms with Gasteiger partial charge in [0.25, 0.3) is 0 Å². The van der Waals surface area contributed by atoms with Crippen molar-refractivity contribution >= 4 is 0 Å². The molecule has 0 bridgehead atoms. The van der Waals surface area contributed by atoms with Crippen LogP contribution in [0.15, 0.2) is 24.5 Å². The van der Waals surface area contributed by atoms with E-state index in [1.807, 2.05) is 18.5 Å². The molecule has 3 N–H and O–H groups in total. The highest BCUT2D eigenvalue weighted by molar-refractivity contribution is 5.08. The van der Waals surface area contributed by atoms with Gasteiger partial charge in [-0.1, -0.05) is 6.07 Å². The number of hydrogen-bond acceptors (Lipinski definition) is 3. The van der Waals surface area contributed by atoms with E-state index in [9.17, 15) is 0 Å². The first-order valence-corrected chi connectivity index (χ1v) is 6.22. The maximum absolute atomic E-state index is 5.88. The minimum atomic E-state index is 0.441. The summed E-state index contributed by atoms with van der Waals surface area (Å²) in [5.74, 6) is 0. The molecule has 0 aliphatic heterocycles. The zero-order valence-electron chi connectivity index (χ0n) is 9.73. The van der Waals surface area contributed by atoms with Crippen LogP contribution in [0.4, 0.5) is 0 Å². The number of rotatable bonds is 4. The predicted octanol–water partition coefficient (Wildman–Crippen LogP) is 1.48. The van der Waals surface area contributed by atoms with Crippen LogP contribution in [0.25, 0.3) is 0 Å². The summed E-state index contributed by atoms with van der Waals surface area (Å²) in [5.41, 5.74) is 7.19. The van der Waals surface area contributed by atoms with Gasteiger partial charge in [0.1, 0.15) is 0 Å². The lowest BCUT2D eigenvalue weighted by Gasteiger charge is -2.26. The molecule has 0 saturated heterocycles. The fraction of sp³-hybridized carbons (Fsp3) is 0.615. The van der Waals surface area contributed by atoms with Gasteiger partial charge in [0, 0.05) is 24.5 Å². The number of nitrogens with two attached hydrogens (primary N) is 1. The highest BCUT2D eigenvalue weighted by atomic mass is 14.9. The van der Waals surface area contributed by atoms with Crippen LogP contribution < -0.4 is 11.1 Å². The molecule has 1 aliphatic rings. The van der Waals surface area contributed by atoms with E-state index < -0.39 is 0 Å². The van der Waals surface area contributed by atoms with Gasteiger partial charge in [-0.05, 0) is 50.3 Å². The van der Waals surface area contributed by atoms with Gasteiger partial charge >= 0.3 is 0 Å². The van der Waals surface area contributed by atoms with Gasteiger partial charge in [-0.3, -0.25) is 4.98 Å². The first kappa shape index (κ1) is 11.6. The van der Waals surface area contributed by atoms with Gasteiger partial charge in [0.15, 0.2) is 0 Å². The maximum Gasteiger partial charge on any atom is 0.0300 e. The Hall–Kier alpha value is -0.930. The third-order valence-electron chi connectivity index (χ3n) is 3.34. The average Bonchev–Trinajstić information content (AvgIpc) is 2.33. The van der Waals surface area contributed by atoms with Gasteiger partial charge in [-0.2, -0.15) is 0 Å². The Labute approximate surface area is 97.5 Å². The van der Waals surface area contributed by atoms with Gasteiger partial charge < -0.3 is 11.1 Å². The van der Waals surface area contributed by atoms with Crippen LogP contribution >= 0.6 is 0 Å². The van der Waals surface area contributed by atoms with E-state index in [0.717, 1.165) is 13.0 Å². The van der Waals surface area contributed by atoms with Crippen molar-refractivity contribution in [2.45, 2.75) is 44.2 Å². The van der Waals surface area contributed by atoms with Crippen LogP contribution in [0, 0.1) is 0 Å². The molecule has 1 fully saturated rings. The lowest BCUT2D eigenvalue weighted by atomic mass is 9.92. The molecule has 0 radical (unpaired) electrons. The Kier molecular flexibility index (Phi) is 4.31. The summed E-state index contributed by atoms with van der Waals surface area (Å²) < 4.78 is 0. The standard InChI is InChI=1S/C13H21N3/c14-12-3-5-13(6-4-12)16-9-7-11-2-1-8-15-10-11/h1-2,8,10,12-13,16H,3-7,9,14H2. The van der Waals surface area contributed by atoms with Crippen molar-refractivity contribution in [2.75, 3.05) is 6.54 Å². The minimum absolute atomic E-state index is 0.441. The fourth-order valence-electron chi connectivity index (χ4n) is 2.29. The maximum atomic E-state index is 5.88. The van der Waals surface area contributed by atoms with E-state index in [-0.39, 0.29) is 0 Å². The summed E-state index contributed by atoms with van der Waals surface area (Å²) in [7, 11) is 0. The molecule has 88 valence electrons. The molecule has 3 heteroatoms. The number of nitrogens with one attached hydrogen (secondary N) is 1. The molecule has 0 unspecified atom stereocenters. The summed E-state index contributed by atoms with van der Waals surface area (Å²) in [5, 5.41) is 3.61. The van der Waals surface area contributed by atoms with E-state index >= 15 is 0 Å². The van der Waals surface area contributed by atoms with Crippen molar-refractivity contribution in [2.24, 2.45) is 5.73 Å². The molecule has 3 nitrogen and oxygen atoms in total. The summed E-state index contributed by atoms with van der Waals surface area (Å²) in [6.07, 6.45) is 9.63. The van der Waals surface area contributed by atoms with Crippen molar-refractivity contribution in [3.05, 3.63) is 30.1 Å². The average molecular weight is 219 g/mol. The zero-order chi connectivity index (χ0) is 11.2. The lowest BCUT2D eigenvalue weighted by molar-refractivity contribution is 0.344. The Morgan fingerprint density at radius 3 is 2.81 bits per heavy atom. The molecule has 0 spiro atoms.